The quantitative estimate of drug-likeness (QED) is 0.297. The van der Waals surface area contributed by atoms with Crippen molar-refractivity contribution in [3.63, 3.8) is 0 Å². The van der Waals surface area contributed by atoms with E-state index in [1.54, 1.807) is 24.4 Å². The highest BCUT2D eigenvalue weighted by molar-refractivity contribution is 7.92. The third-order valence-electron chi connectivity index (χ3n) is 7.14. The van der Waals surface area contributed by atoms with Crippen molar-refractivity contribution in [2.75, 3.05) is 23.6 Å². The van der Waals surface area contributed by atoms with Crippen LogP contribution in [-0.2, 0) is 21.9 Å². The minimum absolute atomic E-state index is 0. The Kier molecular flexibility index (Phi) is 10.1. The number of sulfonamides is 1. The number of nitrogens with zero attached hydrogens (tertiary/aromatic N) is 1. The number of benzene rings is 2. The van der Waals surface area contributed by atoms with Gasteiger partial charge in [-0.15, -0.1) is 24.8 Å². The number of halogens is 3. The van der Waals surface area contributed by atoms with Crippen LogP contribution in [0.15, 0.2) is 66.9 Å². The summed E-state index contributed by atoms with van der Waals surface area (Å²) in [5.41, 5.74) is 4.02. The van der Waals surface area contributed by atoms with Crippen molar-refractivity contribution in [1.29, 1.82) is 0 Å². The number of ether oxygens (including phenoxy) is 1. The zero-order valence-corrected chi connectivity index (χ0v) is 23.6. The van der Waals surface area contributed by atoms with Crippen molar-refractivity contribution in [2.24, 2.45) is 0 Å². The molecule has 1 fully saturated rings. The van der Waals surface area contributed by atoms with Gasteiger partial charge in [0.15, 0.2) is 0 Å². The molecule has 2 aromatic carbocycles. The normalized spacial score (nSPS) is 17.8. The monoisotopic (exact) mass is 583 g/mol. The Bertz CT molecular complexity index is 1270. The van der Waals surface area contributed by atoms with E-state index >= 15 is 0 Å². The summed E-state index contributed by atoms with van der Waals surface area (Å²) < 4.78 is 33.2. The first-order chi connectivity index (χ1) is 17.0. The lowest BCUT2D eigenvalue weighted by atomic mass is 9.58. The number of anilines is 1. The molecule has 5 rings (SSSR count). The standard InChI is InChI=1S/C27H30ClN3O3S.2ClH/c28-22-9-7-21(8-10-22)27(13-3-14-27)26-24-19-23(11-6-20(24)12-16-30-26)34-17-4-18-35(32,33)31-25-5-1-2-15-29-25;;/h1-2,5-11,15,19,26,30H,3-4,12-14,16-18H2,(H,29,31);2*1H. The second-order valence-corrected chi connectivity index (χ2v) is 11.6. The first-order valence-corrected chi connectivity index (χ1v) is 14.1. The molecule has 0 spiro atoms. The molecule has 0 amide bonds. The van der Waals surface area contributed by atoms with Gasteiger partial charge in [-0.05, 0) is 85.3 Å². The van der Waals surface area contributed by atoms with Crippen LogP contribution in [0.25, 0.3) is 0 Å². The van der Waals surface area contributed by atoms with E-state index in [0.717, 1.165) is 36.6 Å². The van der Waals surface area contributed by atoms with Crippen LogP contribution in [0.2, 0.25) is 5.02 Å². The van der Waals surface area contributed by atoms with E-state index in [-0.39, 0.29) is 42.0 Å². The topological polar surface area (TPSA) is 80.3 Å². The highest BCUT2D eigenvalue weighted by Crippen LogP contribution is 2.53. The van der Waals surface area contributed by atoms with Crippen molar-refractivity contribution in [1.82, 2.24) is 10.3 Å². The molecule has 2 N–H and O–H groups in total. The van der Waals surface area contributed by atoms with Gasteiger partial charge in [0.05, 0.1) is 12.4 Å². The molecule has 1 aromatic heterocycles. The van der Waals surface area contributed by atoms with Crippen molar-refractivity contribution in [3.8, 4) is 5.75 Å². The molecular weight excluding hydrogens is 553 g/mol. The van der Waals surface area contributed by atoms with E-state index in [2.05, 4.69) is 39.3 Å². The minimum Gasteiger partial charge on any atom is -0.494 e. The van der Waals surface area contributed by atoms with E-state index in [9.17, 15) is 8.42 Å². The Hall–Kier alpha value is -2.03. The van der Waals surface area contributed by atoms with E-state index in [1.165, 1.54) is 23.1 Å². The molecule has 1 saturated carbocycles. The molecule has 1 unspecified atom stereocenters. The SMILES string of the molecule is Cl.Cl.O=S(=O)(CCCOc1ccc2c(c1)C(C1(c3ccc(Cl)cc3)CCC1)NCC2)Nc1ccccn1. The third-order valence-corrected chi connectivity index (χ3v) is 8.74. The van der Waals surface area contributed by atoms with Gasteiger partial charge in [0.25, 0.3) is 0 Å². The van der Waals surface area contributed by atoms with Crippen molar-refractivity contribution < 1.29 is 13.2 Å². The fourth-order valence-electron chi connectivity index (χ4n) is 5.27. The Morgan fingerprint density at radius 2 is 1.86 bits per heavy atom. The van der Waals surface area contributed by atoms with Gasteiger partial charge in [-0.2, -0.15) is 0 Å². The van der Waals surface area contributed by atoms with Gasteiger partial charge in [-0.1, -0.05) is 42.3 Å². The molecule has 37 heavy (non-hydrogen) atoms. The van der Waals surface area contributed by atoms with E-state index in [1.807, 2.05) is 18.2 Å². The molecule has 1 aliphatic carbocycles. The fraction of sp³-hybridized carbons (Fsp3) is 0.370. The van der Waals surface area contributed by atoms with Crippen LogP contribution in [0.4, 0.5) is 5.82 Å². The molecule has 0 saturated heterocycles. The molecule has 2 aliphatic rings. The van der Waals surface area contributed by atoms with E-state index in [0.29, 0.717) is 18.8 Å². The summed E-state index contributed by atoms with van der Waals surface area (Å²) in [6, 6.07) is 19.9. The second kappa shape index (κ2) is 12.7. The smallest absolute Gasteiger partial charge is 0.234 e. The van der Waals surface area contributed by atoms with Crippen LogP contribution in [-0.4, -0.2) is 32.3 Å². The number of aromatic nitrogens is 1. The molecule has 1 atom stereocenters. The van der Waals surface area contributed by atoms with Crippen LogP contribution < -0.4 is 14.8 Å². The number of rotatable bonds is 9. The summed E-state index contributed by atoms with van der Waals surface area (Å²) in [5, 5.41) is 4.54. The Morgan fingerprint density at radius 1 is 1.08 bits per heavy atom. The number of fused-ring (bicyclic) bond motifs is 1. The number of hydrogen-bond acceptors (Lipinski definition) is 5. The average Bonchev–Trinajstić information content (AvgIpc) is 2.83. The molecule has 200 valence electrons. The lowest BCUT2D eigenvalue weighted by Gasteiger charge is -2.50. The van der Waals surface area contributed by atoms with E-state index in [4.69, 9.17) is 16.3 Å². The van der Waals surface area contributed by atoms with Gasteiger partial charge in [0.2, 0.25) is 10.0 Å². The summed E-state index contributed by atoms with van der Waals surface area (Å²) in [4.78, 5) is 4.01. The largest absolute Gasteiger partial charge is 0.494 e. The predicted octanol–water partition coefficient (Wildman–Crippen LogP) is 6.10. The number of nitrogens with one attached hydrogen (secondary N) is 2. The summed E-state index contributed by atoms with van der Waals surface area (Å²) >= 11 is 6.16. The molecule has 3 aromatic rings. The van der Waals surface area contributed by atoms with Gasteiger partial charge < -0.3 is 10.1 Å². The highest BCUT2D eigenvalue weighted by atomic mass is 35.5. The Labute approximate surface area is 236 Å². The maximum atomic E-state index is 12.3. The van der Waals surface area contributed by atoms with E-state index < -0.39 is 10.0 Å². The van der Waals surface area contributed by atoms with Crippen molar-refractivity contribution in [2.45, 2.75) is 43.6 Å². The summed E-state index contributed by atoms with van der Waals surface area (Å²) in [6.45, 7) is 1.27. The first-order valence-electron chi connectivity index (χ1n) is 12.1. The predicted molar refractivity (Wildman–Crippen MR) is 154 cm³/mol. The van der Waals surface area contributed by atoms with Crippen LogP contribution in [0.1, 0.15) is 48.4 Å². The molecule has 6 nitrogen and oxygen atoms in total. The van der Waals surface area contributed by atoms with Crippen LogP contribution >= 0.6 is 36.4 Å². The molecule has 2 heterocycles. The number of pyridine rings is 1. The fourth-order valence-corrected chi connectivity index (χ4v) is 6.43. The molecule has 0 radical (unpaired) electrons. The highest BCUT2D eigenvalue weighted by Gasteiger charge is 2.47. The molecular formula is C27H32Cl3N3O3S. The zero-order chi connectivity index (χ0) is 24.3. The average molecular weight is 585 g/mol. The van der Waals surface area contributed by atoms with Crippen LogP contribution in [0.3, 0.4) is 0 Å². The minimum atomic E-state index is -3.47. The van der Waals surface area contributed by atoms with Crippen LogP contribution in [0.5, 0.6) is 5.75 Å². The molecule has 10 heteroatoms. The van der Waals surface area contributed by atoms with Gasteiger partial charge in [-0.3, -0.25) is 4.72 Å². The molecule has 1 aliphatic heterocycles. The van der Waals surface area contributed by atoms with Gasteiger partial charge in [0.1, 0.15) is 11.6 Å². The Morgan fingerprint density at radius 3 is 2.54 bits per heavy atom. The zero-order valence-electron chi connectivity index (χ0n) is 20.4. The number of hydrogen-bond donors (Lipinski definition) is 2. The van der Waals surface area contributed by atoms with Crippen molar-refractivity contribution in [3.05, 3.63) is 88.6 Å². The third kappa shape index (κ3) is 6.70. The van der Waals surface area contributed by atoms with Gasteiger partial charge >= 0.3 is 0 Å². The van der Waals surface area contributed by atoms with Crippen LogP contribution in [0, 0.1) is 0 Å². The maximum absolute atomic E-state index is 12.3. The summed E-state index contributed by atoms with van der Waals surface area (Å²) in [7, 11) is -3.47. The summed E-state index contributed by atoms with van der Waals surface area (Å²) in [6.07, 6.45) is 6.42. The Balaban J connectivity index is 0.00000190. The van der Waals surface area contributed by atoms with Gasteiger partial charge in [0, 0.05) is 22.7 Å². The second-order valence-electron chi connectivity index (χ2n) is 9.35. The summed E-state index contributed by atoms with van der Waals surface area (Å²) in [5.74, 6) is 1.07. The first kappa shape index (κ1) is 29.5. The molecule has 0 bridgehead atoms. The van der Waals surface area contributed by atoms with Gasteiger partial charge in [-0.25, -0.2) is 13.4 Å². The maximum Gasteiger partial charge on any atom is 0.234 e. The lowest BCUT2D eigenvalue weighted by Crippen LogP contribution is -2.49. The van der Waals surface area contributed by atoms with Crippen molar-refractivity contribution >= 4 is 52.3 Å². The lowest BCUT2D eigenvalue weighted by molar-refractivity contribution is 0.164.